The fourth-order valence-corrected chi connectivity index (χ4v) is 3.09. The van der Waals surface area contributed by atoms with Crippen LogP contribution in [0.1, 0.15) is 12.8 Å². The molecule has 10 N–H and O–H groups in total. The van der Waals surface area contributed by atoms with Gasteiger partial charge in [0.1, 0.15) is 12.8 Å². The lowest BCUT2D eigenvalue weighted by Gasteiger charge is -1.95. The fraction of sp³-hybridized carbons (Fsp3) is 0.0909. The van der Waals surface area contributed by atoms with Crippen LogP contribution in [0.5, 0.6) is 11.8 Å². The van der Waals surface area contributed by atoms with Gasteiger partial charge >= 0.3 is 0 Å². The van der Waals surface area contributed by atoms with Crippen molar-refractivity contribution in [1.82, 2.24) is 20.8 Å². The third-order valence-electron chi connectivity index (χ3n) is 4.79. The molecule has 16 heteroatoms. The lowest BCUT2D eigenvalue weighted by molar-refractivity contribution is -0.130. The van der Waals surface area contributed by atoms with Gasteiger partial charge < -0.3 is 20.2 Å². The van der Waals surface area contributed by atoms with Crippen LogP contribution >= 0.6 is 0 Å². The number of carbonyl (C=O) groups excluding carboxylic acids is 4. The molecule has 0 aliphatic carbocycles. The van der Waals surface area contributed by atoms with Crippen LogP contribution in [-0.4, -0.2) is 43.8 Å². The summed E-state index contributed by atoms with van der Waals surface area (Å²) in [6.45, 7) is 0. The predicted octanol–water partition coefficient (Wildman–Crippen LogP) is 1.73. The number of nitrogens with two attached hydrogens (primary N) is 2. The van der Waals surface area contributed by atoms with Crippen LogP contribution in [0, 0.1) is 0 Å². The van der Waals surface area contributed by atoms with Crippen molar-refractivity contribution >= 4 is 56.8 Å². The maximum atomic E-state index is 11.9. The molecule has 0 saturated heterocycles. The molecule has 0 saturated carbocycles. The molecular formula is C22H22N10O6. The molecule has 0 spiro atoms. The second kappa shape index (κ2) is 12.5. The Morgan fingerprint density at radius 2 is 1.08 bits per heavy atom. The van der Waals surface area contributed by atoms with Crippen LogP contribution in [0.25, 0.3) is 21.8 Å². The van der Waals surface area contributed by atoms with Gasteiger partial charge in [-0.2, -0.15) is 0 Å². The molecular weight excluding hydrogens is 500 g/mol. The highest BCUT2D eigenvalue weighted by Crippen LogP contribution is 2.36. The van der Waals surface area contributed by atoms with Gasteiger partial charge in [0.15, 0.2) is 11.4 Å². The number of nitrogens with zero attached hydrogens (tertiary/aromatic N) is 4. The van der Waals surface area contributed by atoms with Crippen molar-refractivity contribution in [2.45, 2.75) is 12.8 Å². The van der Waals surface area contributed by atoms with Crippen molar-refractivity contribution in [1.29, 1.82) is 0 Å². The highest BCUT2D eigenvalue weighted by Gasteiger charge is 2.14. The molecule has 0 aliphatic heterocycles. The van der Waals surface area contributed by atoms with Gasteiger partial charge in [0.25, 0.3) is 11.8 Å². The number of aromatic amines is 2. The first-order chi connectivity index (χ1) is 18.2. The Morgan fingerprint density at radius 1 is 0.684 bits per heavy atom. The highest BCUT2D eigenvalue weighted by molar-refractivity contribution is 5.99. The lowest BCUT2D eigenvalue weighted by Crippen LogP contribution is -2.37. The van der Waals surface area contributed by atoms with Crippen LogP contribution in [0.15, 0.2) is 69.0 Å². The number of aromatic hydroxyl groups is 2. The maximum absolute atomic E-state index is 11.9. The Balaban J connectivity index is 0.000000383. The number of H-pyrrole nitrogens is 2. The third-order valence-corrected chi connectivity index (χ3v) is 4.79. The minimum Gasteiger partial charge on any atom is -0.493 e. The predicted molar refractivity (Wildman–Crippen MR) is 133 cm³/mol. The van der Waals surface area contributed by atoms with E-state index in [-0.39, 0.29) is 29.6 Å². The number of hydrogen-bond donors (Lipinski definition) is 8. The first-order valence-electron chi connectivity index (χ1n) is 10.7. The van der Waals surface area contributed by atoms with E-state index in [9.17, 15) is 29.4 Å². The van der Waals surface area contributed by atoms with Crippen LogP contribution in [0.2, 0.25) is 0 Å². The average Bonchev–Trinajstić information content (AvgIpc) is 3.40. The van der Waals surface area contributed by atoms with Gasteiger partial charge in [0.2, 0.25) is 23.6 Å². The summed E-state index contributed by atoms with van der Waals surface area (Å²) in [5, 5.41) is 35.3. The van der Waals surface area contributed by atoms with E-state index >= 15 is 0 Å². The molecule has 38 heavy (non-hydrogen) atoms. The summed E-state index contributed by atoms with van der Waals surface area (Å²) in [7, 11) is 0. The maximum Gasteiger partial charge on any atom is 0.274 e. The van der Waals surface area contributed by atoms with Crippen LogP contribution in [-0.2, 0) is 19.2 Å². The second-order valence-electron chi connectivity index (χ2n) is 7.41. The van der Waals surface area contributed by atoms with Crippen molar-refractivity contribution in [3.8, 4) is 11.8 Å². The van der Waals surface area contributed by atoms with Gasteiger partial charge in [-0.1, -0.05) is 36.4 Å². The Morgan fingerprint density at radius 3 is 1.47 bits per heavy atom. The minimum absolute atomic E-state index is 0.103. The molecule has 0 atom stereocenters. The van der Waals surface area contributed by atoms with E-state index in [1.807, 2.05) is 0 Å². The molecule has 2 heterocycles. The topological polar surface area (TPSA) is 266 Å². The van der Waals surface area contributed by atoms with Crippen LogP contribution < -0.4 is 22.5 Å². The quantitative estimate of drug-likeness (QED) is 0.0605. The number of hydrazine groups is 2. The molecule has 0 unspecified atom stereocenters. The highest BCUT2D eigenvalue weighted by atomic mass is 16.3. The summed E-state index contributed by atoms with van der Waals surface area (Å²) < 4.78 is 0. The van der Waals surface area contributed by atoms with E-state index in [2.05, 4.69) is 42.1 Å². The lowest BCUT2D eigenvalue weighted by atomic mass is 10.2. The molecule has 0 aliphatic rings. The second-order valence-corrected chi connectivity index (χ2v) is 7.41. The van der Waals surface area contributed by atoms with E-state index < -0.39 is 30.0 Å². The number of rotatable bonds is 6. The number of fused-ring (bicyclic) bond motifs is 2. The van der Waals surface area contributed by atoms with E-state index in [1.54, 1.807) is 59.4 Å². The summed E-state index contributed by atoms with van der Waals surface area (Å²) >= 11 is 0. The third kappa shape index (κ3) is 6.80. The number of nitrogens with one attached hydrogen (secondary N) is 4. The fourth-order valence-electron chi connectivity index (χ4n) is 3.09. The molecule has 0 fully saturated rings. The molecule has 2 aromatic heterocycles. The summed E-state index contributed by atoms with van der Waals surface area (Å²) in [6.07, 6.45) is -0.994. The Hall–Kier alpha value is -5.48. The van der Waals surface area contributed by atoms with E-state index in [0.29, 0.717) is 21.8 Å². The standard InChI is InChI=1S/C19H14N6O4.C3H8N4O2/c26-14(22-24-16-10-5-1-3-7-12(10)20-18(16)28)9-15(27)23-25-17-11-6-2-4-8-13(11)21-19(17)29;4-6-2(8)1-3(9)7-5/h1-8,20-21,28-29H,9H2;1,4-5H2,(H,6,8)(H,7,9). The smallest absolute Gasteiger partial charge is 0.274 e. The number of carbonyl (C=O) groups is 4. The van der Waals surface area contributed by atoms with E-state index in [1.165, 1.54) is 0 Å². The Labute approximate surface area is 212 Å². The summed E-state index contributed by atoms with van der Waals surface area (Å²) in [5.41, 5.74) is 5.02. The molecule has 4 aromatic rings. The Bertz CT molecular complexity index is 1440. The normalized spacial score (nSPS) is 11.0. The van der Waals surface area contributed by atoms with Crippen molar-refractivity contribution in [2.24, 2.45) is 32.1 Å². The van der Waals surface area contributed by atoms with Gasteiger partial charge in [-0.25, -0.2) is 11.7 Å². The van der Waals surface area contributed by atoms with Crippen molar-refractivity contribution < 1.29 is 29.4 Å². The zero-order chi connectivity index (χ0) is 27.7. The number of azo groups is 2. The minimum atomic E-state index is -0.846. The molecule has 2 aromatic carbocycles. The van der Waals surface area contributed by atoms with Crippen molar-refractivity contribution in [2.75, 3.05) is 0 Å². The summed E-state index contributed by atoms with van der Waals surface area (Å²) in [6, 6.07) is 13.9. The average molecular weight is 522 g/mol. The number of benzene rings is 2. The number of para-hydroxylation sites is 2. The van der Waals surface area contributed by atoms with Crippen LogP contribution in [0.4, 0.5) is 11.4 Å². The molecule has 196 valence electrons. The molecule has 0 radical (unpaired) electrons. The van der Waals surface area contributed by atoms with E-state index in [0.717, 1.165) is 0 Å². The number of aromatic nitrogens is 2. The molecule has 4 amide bonds. The van der Waals surface area contributed by atoms with Gasteiger partial charge in [-0.15, -0.1) is 20.5 Å². The van der Waals surface area contributed by atoms with Crippen molar-refractivity contribution in [3.05, 3.63) is 48.5 Å². The zero-order valence-electron chi connectivity index (χ0n) is 19.5. The zero-order valence-corrected chi connectivity index (χ0v) is 19.5. The SMILES string of the molecule is NNC(=O)CC(=O)NN.O=C(CC(=O)N=Nc1c(O)[nH]c2ccccc12)N=Nc1c(O)[nH]c2ccccc12. The first-order valence-corrected chi connectivity index (χ1v) is 10.7. The molecule has 0 bridgehead atoms. The largest absolute Gasteiger partial charge is 0.493 e. The Kier molecular flexibility index (Phi) is 8.90. The first kappa shape index (κ1) is 27.1. The van der Waals surface area contributed by atoms with Crippen LogP contribution in [0.3, 0.4) is 0 Å². The van der Waals surface area contributed by atoms with Gasteiger partial charge in [0, 0.05) is 10.8 Å². The number of amides is 4. The van der Waals surface area contributed by atoms with Gasteiger partial charge in [-0.05, 0) is 12.1 Å². The molecule has 4 rings (SSSR count). The summed E-state index contributed by atoms with van der Waals surface area (Å²) in [5.74, 6) is 6.01. The molecule has 16 nitrogen and oxygen atoms in total. The van der Waals surface area contributed by atoms with Crippen molar-refractivity contribution in [3.63, 3.8) is 0 Å². The van der Waals surface area contributed by atoms with E-state index in [4.69, 9.17) is 0 Å². The summed E-state index contributed by atoms with van der Waals surface area (Å²) in [4.78, 5) is 49.7. The monoisotopic (exact) mass is 522 g/mol. The number of hydrogen-bond acceptors (Lipinski definition) is 10. The van der Waals surface area contributed by atoms with Gasteiger partial charge in [-0.3, -0.25) is 30.0 Å². The van der Waals surface area contributed by atoms with Gasteiger partial charge in [0.05, 0.1) is 11.0 Å².